The topological polar surface area (TPSA) is 180 Å². The highest BCUT2D eigenvalue weighted by atomic mass is 32.3. The Kier molecular flexibility index (Phi) is 8.94. The van der Waals surface area contributed by atoms with Gasteiger partial charge in [0.1, 0.15) is 24.4 Å². The summed E-state index contributed by atoms with van der Waals surface area (Å²) in [5.41, 5.74) is -0.340. The van der Waals surface area contributed by atoms with Crippen LogP contribution in [0.25, 0.3) is 0 Å². The molecule has 1 heterocycles. The highest BCUT2D eigenvalue weighted by Gasteiger charge is 2.70. The van der Waals surface area contributed by atoms with E-state index in [1.165, 1.54) is 5.57 Å². The minimum absolute atomic E-state index is 0.00643. The average Bonchev–Trinajstić information content (AvgIpc) is 2.98. The molecule has 0 radical (unpaired) electrons. The van der Waals surface area contributed by atoms with Gasteiger partial charge in [-0.25, -0.2) is 4.18 Å². The van der Waals surface area contributed by atoms with E-state index in [1.807, 2.05) is 0 Å². The summed E-state index contributed by atoms with van der Waals surface area (Å²) < 4.78 is 49.9. The van der Waals surface area contributed by atoms with Crippen LogP contribution in [0.2, 0.25) is 0 Å². The van der Waals surface area contributed by atoms with E-state index >= 15 is 0 Å². The predicted molar refractivity (Wildman–Crippen MR) is 175 cm³/mol. The number of esters is 1. The van der Waals surface area contributed by atoms with Crippen LogP contribution in [0.1, 0.15) is 113 Å². The fraction of sp³-hybridized carbons (Fsp3) is 0.917. The number of rotatable bonds is 5. The lowest BCUT2D eigenvalue weighted by molar-refractivity contribution is -0.297. The number of ether oxygens (including phenoxy) is 2. The van der Waals surface area contributed by atoms with Crippen molar-refractivity contribution >= 4 is 16.4 Å². The molecular weight excluding hydrogens is 640 g/mol. The first kappa shape index (κ1) is 36.7. The Morgan fingerprint density at radius 1 is 0.896 bits per heavy atom. The van der Waals surface area contributed by atoms with Crippen LogP contribution in [0.15, 0.2) is 11.6 Å². The van der Waals surface area contributed by atoms with Crippen molar-refractivity contribution in [3.05, 3.63) is 11.6 Å². The number of carbonyl (C=O) groups is 1. The second kappa shape index (κ2) is 11.7. The second-order valence-electron chi connectivity index (χ2n) is 18.3. The molecule has 13 atom stereocenters. The molecule has 4 saturated carbocycles. The van der Waals surface area contributed by atoms with Crippen molar-refractivity contribution in [1.29, 1.82) is 0 Å². The predicted octanol–water partition coefficient (Wildman–Crippen LogP) is 4.32. The van der Waals surface area contributed by atoms with Gasteiger partial charge in [-0.1, -0.05) is 60.1 Å². The molecule has 5 fully saturated rings. The smallest absolute Gasteiger partial charge is 0.397 e. The molecule has 5 aliphatic carbocycles. The number of aliphatic hydroxyl groups excluding tert-OH is 4. The van der Waals surface area contributed by atoms with Crippen LogP contribution in [0.4, 0.5) is 0 Å². The fourth-order valence-electron chi connectivity index (χ4n) is 12.3. The lowest BCUT2D eigenvalue weighted by atomic mass is 9.33. The van der Waals surface area contributed by atoms with Crippen molar-refractivity contribution in [2.24, 2.45) is 50.2 Å². The first-order valence-electron chi connectivity index (χ1n) is 17.9. The van der Waals surface area contributed by atoms with Gasteiger partial charge in [-0.2, -0.15) is 8.42 Å². The zero-order valence-corrected chi connectivity index (χ0v) is 30.5. The summed E-state index contributed by atoms with van der Waals surface area (Å²) >= 11 is 0. The third kappa shape index (κ3) is 5.37. The van der Waals surface area contributed by atoms with Crippen molar-refractivity contribution in [3.8, 4) is 0 Å². The quantitative estimate of drug-likeness (QED) is 0.157. The monoisotopic (exact) mass is 698 g/mol. The molecule has 11 nitrogen and oxygen atoms in total. The van der Waals surface area contributed by atoms with Crippen LogP contribution >= 0.6 is 0 Å². The maximum atomic E-state index is 14.4. The molecule has 0 aromatic carbocycles. The summed E-state index contributed by atoms with van der Waals surface area (Å²) in [4.78, 5) is 14.4. The lowest BCUT2D eigenvalue weighted by Crippen LogP contribution is -2.65. The molecule has 0 bridgehead atoms. The molecule has 5 N–H and O–H groups in total. The molecule has 0 aromatic rings. The van der Waals surface area contributed by atoms with E-state index in [9.17, 15) is 38.2 Å². The van der Waals surface area contributed by atoms with Gasteiger partial charge in [0.2, 0.25) is 6.29 Å². The molecule has 0 spiro atoms. The van der Waals surface area contributed by atoms with Crippen LogP contribution in [-0.2, 0) is 28.9 Å². The third-order valence-electron chi connectivity index (χ3n) is 15.3. The van der Waals surface area contributed by atoms with Gasteiger partial charge in [0.25, 0.3) is 0 Å². The SMILES string of the molecule is CC1(C)CC[C@]2(C(=O)O[C@@H]3O[C@H](CO)[C@@H](O)[C@H](O)[C@H]3O)CC[C@]3(C)C(=CC[C@@H]4[C@@]5(C)CC[C@H](OS(=O)(=O)O)C(C)(C)[C@@H]5CC[C@]43C)[C@@H]2C1. The Balaban J connectivity index is 1.33. The summed E-state index contributed by atoms with van der Waals surface area (Å²) in [6, 6.07) is 0. The molecule has 274 valence electrons. The second-order valence-corrected chi connectivity index (χ2v) is 19.4. The van der Waals surface area contributed by atoms with Crippen molar-refractivity contribution in [2.75, 3.05) is 6.61 Å². The molecule has 1 saturated heterocycles. The Labute approximate surface area is 285 Å². The van der Waals surface area contributed by atoms with E-state index in [-0.39, 0.29) is 33.5 Å². The van der Waals surface area contributed by atoms with Crippen molar-refractivity contribution in [1.82, 2.24) is 0 Å². The van der Waals surface area contributed by atoms with Gasteiger partial charge in [-0.05, 0) is 109 Å². The summed E-state index contributed by atoms with van der Waals surface area (Å²) in [7, 11) is -4.57. The minimum atomic E-state index is -4.57. The molecule has 48 heavy (non-hydrogen) atoms. The molecule has 12 heteroatoms. The van der Waals surface area contributed by atoms with Crippen LogP contribution in [0.5, 0.6) is 0 Å². The number of hydrogen-bond acceptors (Lipinski definition) is 10. The van der Waals surface area contributed by atoms with Crippen molar-refractivity contribution in [3.63, 3.8) is 0 Å². The lowest BCUT2D eigenvalue weighted by Gasteiger charge is -2.71. The Morgan fingerprint density at radius 3 is 2.21 bits per heavy atom. The van der Waals surface area contributed by atoms with Gasteiger partial charge in [0, 0.05) is 0 Å². The van der Waals surface area contributed by atoms with Crippen molar-refractivity contribution < 1.29 is 51.8 Å². The number of allylic oxidation sites excluding steroid dienone is 2. The molecule has 1 aliphatic heterocycles. The molecule has 6 aliphatic rings. The average molecular weight is 699 g/mol. The highest BCUT2D eigenvalue weighted by molar-refractivity contribution is 7.80. The number of carbonyl (C=O) groups excluding carboxylic acids is 1. The molecule has 0 unspecified atom stereocenters. The van der Waals surface area contributed by atoms with E-state index in [2.05, 4.69) is 54.5 Å². The molecule has 0 amide bonds. The maximum absolute atomic E-state index is 14.4. The van der Waals surface area contributed by atoms with Gasteiger partial charge < -0.3 is 29.9 Å². The fourth-order valence-corrected chi connectivity index (χ4v) is 12.9. The first-order valence-corrected chi connectivity index (χ1v) is 19.3. The zero-order valence-electron chi connectivity index (χ0n) is 29.6. The summed E-state index contributed by atoms with van der Waals surface area (Å²) in [5.74, 6) is -0.0197. The van der Waals surface area contributed by atoms with Gasteiger partial charge in [-0.15, -0.1) is 0 Å². The van der Waals surface area contributed by atoms with Crippen LogP contribution in [0.3, 0.4) is 0 Å². The van der Waals surface area contributed by atoms with Gasteiger partial charge >= 0.3 is 16.4 Å². The maximum Gasteiger partial charge on any atom is 0.397 e. The minimum Gasteiger partial charge on any atom is -0.432 e. The Hall–Kier alpha value is -1.12. The first-order chi connectivity index (χ1) is 22.1. The standard InChI is InChI=1S/C36H58O11S/c1-31(2)14-16-36(30(41)46-29-28(40)27(39)26(38)22(19-37)45-29)17-15-34(6)20(21(36)18-31)8-9-24-33(5)12-11-25(47-48(42,43)44)32(3,4)23(33)10-13-35(24,34)7/h8,21-29,37-40H,9-19H2,1-7H3,(H,42,43,44)/t21-,22+,23-,24+,25-,26+,27-,28+,29-,33-,34+,35+,36-/m0/s1. The highest BCUT2D eigenvalue weighted by Crippen LogP contribution is 2.76. The van der Waals surface area contributed by atoms with Gasteiger partial charge in [0.05, 0.1) is 18.1 Å². The van der Waals surface area contributed by atoms with E-state index in [4.69, 9.17) is 13.7 Å². The van der Waals surface area contributed by atoms with Crippen LogP contribution in [0, 0.1) is 50.2 Å². The normalized spacial score (nSPS) is 49.8. The molecular formula is C36H58O11S. The van der Waals surface area contributed by atoms with E-state index in [1.54, 1.807) is 0 Å². The largest absolute Gasteiger partial charge is 0.432 e. The Bertz CT molecular complexity index is 1420. The number of fused-ring (bicyclic) bond motifs is 7. The molecule has 0 aromatic heterocycles. The van der Waals surface area contributed by atoms with Gasteiger partial charge in [0.15, 0.2) is 0 Å². The number of hydrogen-bond donors (Lipinski definition) is 5. The molecule has 6 rings (SSSR count). The summed E-state index contributed by atoms with van der Waals surface area (Å²) in [6.07, 6.45) is 2.04. The van der Waals surface area contributed by atoms with E-state index in [0.717, 1.165) is 44.9 Å². The number of aliphatic hydroxyl groups is 4. The van der Waals surface area contributed by atoms with Crippen molar-refractivity contribution in [2.45, 2.75) is 149 Å². The van der Waals surface area contributed by atoms with Gasteiger partial charge in [-0.3, -0.25) is 9.35 Å². The van der Waals surface area contributed by atoms with E-state index < -0.39 is 70.6 Å². The summed E-state index contributed by atoms with van der Waals surface area (Å²) in [6.45, 7) is 15.3. The van der Waals surface area contributed by atoms with Crippen LogP contribution in [-0.4, -0.2) is 82.8 Å². The van der Waals surface area contributed by atoms with E-state index in [0.29, 0.717) is 25.2 Å². The third-order valence-corrected chi connectivity index (χ3v) is 15.8. The zero-order chi connectivity index (χ0) is 35.5. The Morgan fingerprint density at radius 2 is 1.56 bits per heavy atom. The van der Waals surface area contributed by atoms with Crippen LogP contribution < -0.4 is 0 Å². The summed E-state index contributed by atoms with van der Waals surface area (Å²) in [5, 5.41) is 41.1.